The third-order valence-electron chi connectivity index (χ3n) is 1.57. The molecule has 0 aliphatic carbocycles. The number of esters is 1. The summed E-state index contributed by atoms with van der Waals surface area (Å²) < 4.78 is 5.54. The SMILES string of the molecule is COC(=O)C[C@@H](N)c1ccc(Br)s1.Cl. The molecule has 6 heteroatoms. The first-order valence-corrected chi connectivity index (χ1v) is 5.32. The maximum atomic E-state index is 10.9. The van der Waals surface area contributed by atoms with E-state index in [-0.39, 0.29) is 30.8 Å². The fourth-order valence-electron chi connectivity index (χ4n) is 0.891. The standard InChI is InChI=1S/C8H10BrNO2S.ClH/c1-12-8(11)4-5(10)6-2-3-7(9)13-6;/h2-3,5H,4,10H2,1H3;1H/t5-;/m1./s1. The van der Waals surface area contributed by atoms with E-state index in [1.54, 1.807) is 0 Å². The van der Waals surface area contributed by atoms with Gasteiger partial charge in [0.05, 0.1) is 17.3 Å². The highest BCUT2D eigenvalue weighted by Gasteiger charge is 2.13. The van der Waals surface area contributed by atoms with Gasteiger partial charge in [-0.1, -0.05) is 0 Å². The molecule has 0 bridgehead atoms. The molecule has 0 aliphatic heterocycles. The van der Waals surface area contributed by atoms with E-state index >= 15 is 0 Å². The highest BCUT2D eigenvalue weighted by Crippen LogP contribution is 2.27. The molecule has 0 unspecified atom stereocenters. The molecular weight excluding hydrogens is 290 g/mol. The molecule has 1 aromatic heterocycles. The first-order chi connectivity index (χ1) is 6.13. The number of ether oxygens (including phenoxy) is 1. The minimum atomic E-state index is -0.281. The minimum absolute atomic E-state index is 0. The van der Waals surface area contributed by atoms with Crippen LogP contribution in [0, 0.1) is 0 Å². The van der Waals surface area contributed by atoms with Crippen molar-refractivity contribution in [1.82, 2.24) is 0 Å². The fourth-order valence-corrected chi connectivity index (χ4v) is 2.32. The molecule has 3 nitrogen and oxygen atoms in total. The maximum absolute atomic E-state index is 10.9. The lowest BCUT2D eigenvalue weighted by Crippen LogP contribution is -2.14. The molecule has 0 aromatic carbocycles. The number of methoxy groups -OCH3 is 1. The number of rotatable bonds is 3. The average Bonchev–Trinajstić information content (AvgIpc) is 2.51. The van der Waals surface area contributed by atoms with Gasteiger partial charge in [-0.25, -0.2) is 0 Å². The molecule has 14 heavy (non-hydrogen) atoms. The molecule has 1 atom stereocenters. The monoisotopic (exact) mass is 299 g/mol. The Morgan fingerprint density at radius 1 is 1.71 bits per heavy atom. The highest BCUT2D eigenvalue weighted by atomic mass is 79.9. The molecule has 2 N–H and O–H groups in total. The third kappa shape index (κ3) is 3.96. The first-order valence-electron chi connectivity index (χ1n) is 3.71. The molecule has 0 aliphatic rings. The van der Waals surface area contributed by atoms with Gasteiger partial charge in [0, 0.05) is 10.9 Å². The molecular formula is C8H11BrClNO2S. The van der Waals surface area contributed by atoms with Crippen molar-refractivity contribution in [2.24, 2.45) is 5.73 Å². The number of thiophene rings is 1. The van der Waals surface area contributed by atoms with Gasteiger partial charge in [0.2, 0.25) is 0 Å². The molecule has 0 amide bonds. The van der Waals surface area contributed by atoms with Crippen LogP contribution in [0.15, 0.2) is 15.9 Å². The Morgan fingerprint density at radius 2 is 2.36 bits per heavy atom. The van der Waals surface area contributed by atoms with E-state index in [9.17, 15) is 4.79 Å². The van der Waals surface area contributed by atoms with Crippen LogP contribution in [0.25, 0.3) is 0 Å². The summed E-state index contributed by atoms with van der Waals surface area (Å²) in [6.07, 6.45) is 0.226. The van der Waals surface area contributed by atoms with Gasteiger partial charge in [-0.2, -0.15) is 0 Å². The van der Waals surface area contributed by atoms with Crippen LogP contribution in [0.5, 0.6) is 0 Å². The molecule has 80 valence electrons. The molecule has 0 saturated heterocycles. The predicted molar refractivity (Wildman–Crippen MR) is 62.8 cm³/mol. The van der Waals surface area contributed by atoms with Crippen molar-refractivity contribution in [2.75, 3.05) is 7.11 Å². The maximum Gasteiger partial charge on any atom is 0.307 e. The molecule has 1 heterocycles. The summed E-state index contributed by atoms with van der Waals surface area (Å²) in [4.78, 5) is 11.9. The Kier molecular flexibility index (Phi) is 6.35. The molecule has 0 saturated carbocycles. The molecule has 0 radical (unpaired) electrons. The van der Waals surface area contributed by atoms with Crippen molar-refractivity contribution in [1.29, 1.82) is 0 Å². The van der Waals surface area contributed by atoms with Gasteiger partial charge in [-0.05, 0) is 28.1 Å². The lowest BCUT2D eigenvalue weighted by molar-refractivity contribution is -0.141. The second-order valence-electron chi connectivity index (χ2n) is 2.53. The van der Waals surface area contributed by atoms with Gasteiger partial charge < -0.3 is 10.5 Å². The summed E-state index contributed by atoms with van der Waals surface area (Å²) in [6.45, 7) is 0. The lowest BCUT2D eigenvalue weighted by Gasteiger charge is -2.06. The van der Waals surface area contributed by atoms with Gasteiger partial charge in [-0.15, -0.1) is 23.7 Å². The summed E-state index contributed by atoms with van der Waals surface area (Å²) in [5.74, 6) is -0.281. The van der Waals surface area contributed by atoms with Crippen LogP contribution in [-0.2, 0) is 9.53 Å². The molecule has 0 fully saturated rings. The van der Waals surface area contributed by atoms with Gasteiger partial charge in [0.15, 0.2) is 0 Å². The van der Waals surface area contributed by atoms with Crippen LogP contribution in [0.4, 0.5) is 0 Å². The van der Waals surface area contributed by atoms with Crippen LogP contribution in [0.3, 0.4) is 0 Å². The van der Waals surface area contributed by atoms with E-state index < -0.39 is 0 Å². The lowest BCUT2D eigenvalue weighted by atomic mass is 10.2. The van der Waals surface area contributed by atoms with Crippen LogP contribution in [-0.4, -0.2) is 13.1 Å². The van der Waals surface area contributed by atoms with Crippen LogP contribution in [0.2, 0.25) is 0 Å². The Morgan fingerprint density at radius 3 is 2.79 bits per heavy atom. The summed E-state index contributed by atoms with van der Waals surface area (Å²) >= 11 is 4.86. The number of carbonyl (C=O) groups excluding carboxylic acids is 1. The van der Waals surface area contributed by atoms with Crippen molar-refractivity contribution in [3.8, 4) is 0 Å². The number of halogens is 2. The van der Waals surface area contributed by atoms with Gasteiger partial charge >= 0.3 is 5.97 Å². The second kappa shape index (κ2) is 6.40. The van der Waals surface area contributed by atoms with E-state index in [1.165, 1.54) is 18.4 Å². The topological polar surface area (TPSA) is 52.3 Å². The predicted octanol–water partition coefficient (Wildman–Crippen LogP) is 2.50. The fraction of sp³-hybridized carbons (Fsp3) is 0.375. The van der Waals surface area contributed by atoms with Gasteiger partial charge in [-0.3, -0.25) is 4.79 Å². The molecule has 0 spiro atoms. The number of hydrogen-bond donors (Lipinski definition) is 1. The number of carbonyl (C=O) groups is 1. The minimum Gasteiger partial charge on any atom is -0.469 e. The Bertz CT molecular complexity index is 305. The van der Waals surface area contributed by atoms with E-state index in [0.29, 0.717) is 0 Å². The van der Waals surface area contributed by atoms with Crippen molar-refractivity contribution in [3.05, 3.63) is 20.8 Å². The highest BCUT2D eigenvalue weighted by molar-refractivity contribution is 9.11. The van der Waals surface area contributed by atoms with Crippen molar-refractivity contribution < 1.29 is 9.53 Å². The molecule has 1 aromatic rings. The Hall–Kier alpha value is -0.100. The van der Waals surface area contributed by atoms with Gasteiger partial charge in [0.1, 0.15) is 0 Å². The van der Waals surface area contributed by atoms with Crippen LogP contribution in [0.1, 0.15) is 17.3 Å². The quantitative estimate of drug-likeness (QED) is 0.873. The van der Waals surface area contributed by atoms with E-state index in [1.807, 2.05) is 12.1 Å². The van der Waals surface area contributed by atoms with Crippen LogP contribution >= 0.6 is 39.7 Å². The van der Waals surface area contributed by atoms with E-state index in [4.69, 9.17) is 5.73 Å². The zero-order valence-corrected chi connectivity index (χ0v) is 10.7. The third-order valence-corrected chi connectivity index (χ3v) is 3.33. The smallest absolute Gasteiger partial charge is 0.307 e. The molecule has 1 rings (SSSR count). The van der Waals surface area contributed by atoms with Crippen LogP contribution < -0.4 is 5.73 Å². The zero-order valence-electron chi connectivity index (χ0n) is 7.53. The van der Waals surface area contributed by atoms with Crippen molar-refractivity contribution >= 4 is 45.6 Å². The Labute approximate surface area is 101 Å². The van der Waals surface area contributed by atoms with Crippen molar-refractivity contribution in [2.45, 2.75) is 12.5 Å². The summed E-state index contributed by atoms with van der Waals surface area (Å²) in [5.41, 5.74) is 5.77. The number of hydrogen-bond acceptors (Lipinski definition) is 4. The normalized spacial score (nSPS) is 11.6. The largest absolute Gasteiger partial charge is 0.469 e. The van der Waals surface area contributed by atoms with E-state index in [2.05, 4.69) is 20.7 Å². The Balaban J connectivity index is 0.00000169. The average molecular weight is 301 g/mol. The second-order valence-corrected chi connectivity index (χ2v) is 5.02. The first kappa shape index (κ1) is 13.9. The van der Waals surface area contributed by atoms with Gasteiger partial charge in [0.25, 0.3) is 0 Å². The summed E-state index contributed by atoms with van der Waals surface area (Å²) in [5, 5.41) is 0. The van der Waals surface area contributed by atoms with E-state index in [0.717, 1.165) is 8.66 Å². The summed E-state index contributed by atoms with van der Waals surface area (Å²) in [6, 6.07) is 3.56. The zero-order chi connectivity index (χ0) is 9.84. The summed E-state index contributed by atoms with van der Waals surface area (Å²) in [7, 11) is 1.36. The number of nitrogens with two attached hydrogens (primary N) is 1. The van der Waals surface area contributed by atoms with Crippen molar-refractivity contribution in [3.63, 3.8) is 0 Å².